The van der Waals surface area contributed by atoms with E-state index in [0.29, 0.717) is 5.69 Å². The smallest absolute Gasteiger partial charge is 0.163 e. The van der Waals surface area contributed by atoms with Gasteiger partial charge in [-0.25, -0.2) is 4.98 Å². The molecule has 0 saturated carbocycles. The van der Waals surface area contributed by atoms with Crippen LogP contribution in [0.1, 0.15) is 31.9 Å². The van der Waals surface area contributed by atoms with Gasteiger partial charge in [0.05, 0.1) is 11.7 Å². The predicted molar refractivity (Wildman–Crippen MR) is 64.6 cm³/mol. The fourth-order valence-electron chi connectivity index (χ4n) is 2.36. The maximum atomic E-state index is 11.6. The van der Waals surface area contributed by atoms with Gasteiger partial charge in [0, 0.05) is 12.7 Å². The Hall–Kier alpha value is -1.89. The number of nitrogens with zero attached hydrogens (tertiary/aromatic N) is 3. The van der Waals surface area contributed by atoms with Crippen molar-refractivity contribution in [1.29, 1.82) is 5.26 Å². The van der Waals surface area contributed by atoms with Gasteiger partial charge in [0.1, 0.15) is 6.07 Å². The second-order valence-corrected chi connectivity index (χ2v) is 4.30. The van der Waals surface area contributed by atoms with E-state index in [0.717, 1.165) is 31.5 Å². The molecule has 1 aromatic rings. The Balaban J connectivity index is 2.36. The van der Waals surface area contributed by atoms with E-state index in [9.17, 15) is 4.79 Å². The van der Waals surface area contributed by atoms with Crippen LogP contribution in [-0.2, 0) is 4.79 Å². The number of ketones is 1. The van der Waals surface area contributed by atoms with E-state index in [1.807, 2.05) is 17.0 Å². The summed E-state index contributed by atoms with van der Waals surface area (Å²) in [5.74, 6) is 0.164. The lowest BCUT2D eigenvalue weighted by Gasteiger charge is -2.36. The summed E-state index contributed by atoms with van der Waals surface area (Å²) in [5.41, 5.74) is 1.19. The summed E-state index contributed by atoms with van der Waals surface area (Å²) in [5, 5.41) is 9.05. The molecule has 2 heterocycles. The summed E-state index contributed by atoms with van der Waals surface area (Å²) in [6.07, 6.45) is 4.61. The Morgan fingerprint density at radius 3 is 3.12 bits per heavy atom. The maximum absolute atomic E-state index is 11.6. The second kappa shape index (κ2) is 4.96. The number of hydrogen-bond acceptors (Lipinski definition) is 4. The van der Waals surface area contributed by atoms with Crippen molar-refractivity contribution in [3.05, 3.63) is 24.0 Å². The number of carbonyl (C=O) groups excluding carboxylic acids is 1. The first kappa shape index (κ1) is 11.6. The SMILES string of the molecule is CC(=O)C1CCCCN1c1cccnc1C#N. The molecule has 4 heteroatoms. The molecule has 1 aliphatic heterocycles. The number of Topliss-reactive ketones (excluding diaryl/α,β-unsaturated/α-hetero) is 1. The van der Waals surface area contributed by atoms with Crippen molar-refractivity contribution >= 4 is 11.5 Å². The third kappa shape index (κ3) is 2.28. The number of aromatic nitrogens is 1. The van der Waals surface area contributed by atoms with Gasteiger partial charge >= 0.3 is 0 Å². The highest BCUT2D eigenvalue weighted by atomic mass is 16.1. The summed E-state index contributed by atoms with van der Waals surface area (Å²) >= 11 is 0. The average Bonchev–Trinajstić information content (AvgIpc) is 2.38. The first-order chi connectivity index (χ1) is 8.24. The topological polar surface area (TPSA) is 57.0 Å². The number of hydrogen-bond donors (Lipinski definition) is 0. The molecule has 0 radical (unpaired) electrons. The van der Waals surface area contributed by atoms with Gasteiger partial charge < -0.3 is 4.90 Å². The fraction of sp³-hybridized carbons (Fsp3) is 0.462. The standard InChI is InChI=1S/C13H15N3O/c1-10(17)12-5-2-3-8-16(12)13-6-4-7-15-11(13)9-14/h4,6-7,12H,2-3,5,8H2,1H3. The number of pyridine rings is 1. The summed E-state index contributed by atoms with van der Waals surface area (Å²) < 4.78 is 0. The van der Waals surface area contributed by atoms with Crippen LogP contribution in [0.15, 0.2) is 18.3 Å². The van der Waals surface area contributed by atoms with E-state index >= 15 is 0 Å². The lowest BCUT2D eigenvalue weighted by molar-refractivity contribution is -0.118. The fourth-order valence-corrected chi connectivity index (χ4v) is 2.36. The zero-order valence-corrected chi connectivity index (χ0v) is 9.89. The minimum absolute atomic E-state index is 0.0972. The van der Waals surface area contributed by atoms with Crippen LogP contribution in [0.5, 0.6) is 0 Å². The molecule has 0 N–H and O–H groups in total. The van der Waals surface area contributed by atoms with Gasteiger partial charge in [0.25, 0.3) is 0 Å². The third-order valence-corrected chi connectivity index (χ3v) is 3.17. The van der Waals surface area contributed by atoms with Crippen LogP contribution >= 0.6 is 0 Å². The molecule has 1 saturated heterocycles. The zero-order valence-electron chi connectivity index (χ0n) is 9.89. The average molecular weight is 229 g/mol. The van der Waals surface area contributed by atoms with Crippen molar-refractivity contribution < 1.29 is 4.79 Å². The van der Waals surface area contributed by atoms with Crippen LogP contribution < -0.4 is 4.90 Å². The van der Waals surface area contributed by atoms with Gasteiger partial charge in [-0.1, -0.05) is 0 Å². The molecule has 88 valence electrons. The molecule has 1 fully saturated rings. The Morgan fingerprint density at radius 2 is 2.41 bits per heavy atom. The highest BCUT2D eigenvalue weighted by molar-refractivity contribution is 5.85. The molecular formula is C13H15N3O. The van der Waals surface area contributed by atoms with Crippen molar-refractivity contribution in [3.63, 3.8) is 0 Å². The van der Waals surface area contributed by atoms with Crippen molar-refractivity contribution in [2.75, 3.05) is 11.4 Å². The van der Waals surface area contributed by atoms with E-state index in [4.69, 9.17) is 5.26 Å². The number of rotatable bonds is 2. The molecule has 0 aliphatic carbocycles. The van der Waals surface area contributed by atoms with Gasteiger partial charge in [-0.3, -0.25) is 4.79 Å². The molecule has 0 spiro atoms. The number of anilines is 1. The molecule has 1 unspecified atom stereocenters. The van der Waals surface area contributed by atoms with Gasteiger partial charge in [-0.15, -0.1) is 0 Å². The first-order valence-corrected chi connectivity index (χ1v) is 5.86. The first-order valence-electron chi connectivity index (χ1n) is 5.86. The van der Waals surface area contributed by atoms with Crippen LogP contribution in [0.25, 0.3) is 0 Å². The second-order valence-electron chi connectivity index (χ2n) is 4.30. The molecule has 0 amide bonds. The van der Waals surface area contributed by atoms with Gasteiger partial charge in [-0.05, 0) is 38.3 Å². The molecule has 1 aromatic heterocycles. The summed E-state index contributed by atoms with van der Waals surface area (Å²) in [6, 6.07) is 5.67. The normalized spacial score (nSPS) is 19.8. The number of carbonyl (C=O) groups is 1. The predicted octanol–water partition coefficient (Wildman–Crippen LogP) is 1.90. The molecule has 1 aliphatic rings. The molecule has 1 atom stereocenters. The summed E-state index contributed by atoms with van der Waals surface area (Å²) in [6.45, 7) is 2.44. The van der Waals surface area contributed by atoms with Crippen LogP contribution in [0.2, 0.25) is 0 Å². The lowest BCUT2D eigenvalue weighted by atomic mass is 9.98. The Kier molecular flexibility index (Phi) is 3.38. The van der Waals surface area contributed by atoms with E-state index in [2.05, 4.69) is 11.1 Å². The highest BCUT2D eigenvalue weighted by Crippen LogP contribution is 2.26. The van der Waals surface area contributed by atoms with Crippen molar-refractivity contribution in [1.82, 2.24) is 4.98 Å². The number of piperidine rings is 1. The quantitative estimate of drug-likeness (QED) is 0.777. The van der Waals surface area contributed by atoms with Crippen LogP contribution in [0.4, 0.5) is 5.69 Å². The summed E-state index contributed by atoms with van der Waals surface area (Å²) in [4.78, 5) is 17.7. The van der Waals surface area contributed by atoms with E-state index in [1.54, 1.807) is 13.1 Å². The van der Waals surface area contributed by atoms with Crippen LogP contribution in [0, 0.1) is 11.3 Å². The van der Waals surface area contributed by atoms with Crippen LogP contribution in [-0.4, -0.2) is 23.4 Å². The van der Waals surface area contributed by atoms with Crippen molar-refractivity contribution in [3.8, 4) is 6.07 Å². The molecule has 17 heavy (non-hydrogen) atoms. The Morgan fingerprint density at radius 1 is 1.59 bits per heavy atom. The van der Waals surface area contributed by atoms with Crippen molar-refractivity contribution in [2.45, 2.75) is 32.2 Å². The van der Waals surface area contributed by atoms with Gasteiger partial charge in [-0.2, -0.15) is 5.26 Å². The largest absolute Gasteiger partial charge is 0.359 e. The molecule has 0 bridgehead atoms. The monoisotopic (exact) mass is 229 g/mol. The van der Waals surface area contributed by atoms with E-state index in [1.165, 1.54) is 0 Å². The third-order valence-electron chi connectivity index (χ3n) is 3.17. The lowest BCUT2D eigenvalue weighted by Crippen LogP contribution is -2.44. The van der Waals surface area contributed by atoms with Gasteiger partial charge in [0.2, 0.25) is 0 Å². The van der Waals surface area contributed by atoms with Crippen LogP contribution in [0.3, 0.4) is 0 Å². The van der Waals surface area contributed by atoms with Crippen molar-refractivity contribution in [2.24, 2.45) is 0 Å². The molecular weight excluding hydrogens is 214 g/mol. The summed E-state index contributed by atoms with van der Waals surface area (Å²) in [7, 11) is 0. The zero-order chi connectivity index (χ0) is 12.3. The molecule has 4 nitrogen and oxygen atoms in total. The Bertz CT molecular complexity index is 464. The molecule has 0 aromatic carbocycles. The van der Waals surface area contributed by atoms with E-state index < -0.39 is 0 Å². The number of nitriles is 1. The minimum atomic E-state index is -0.0972. The highest BCUT2D eigenvalue weighted by Gasteiger charge is 2.27. The van der Waals surface area contributed by atoms with Gasteiger partial charge in [0.15, 0.2) is 11.5 Å². The maximum Gasteiger partial charge on any atom is 0.163 e. The van der Waals surface area contributed by atoms with E-state index in [-0.39, 0.29) is 11.8 Å². The minimum Gasteiger partial charge on any atom is -0.359 e. The molecule has 2 rings (SSSR count). The Labute approximate surface area is 101 Å².